The van der Waals surface area contributed by atoms with Crippen LogP contribution in [-0.2, 0) is 0 Å². The van der Waals surface area contributed by atoms with Gasteiger partial charge in [-0.2, -0.15) is 5.10 Å². The van der Waals surface area contributed by atoms with Crippen molar-refractivity contribution in [3.63, 3.8) is 0 Å². The Labute approximate surface area is 171 Å². The van der Waals surface area contributed by atoms with Crippen LogP contribution in [-0.4, -0.2) is 32.1 Å². The monoisotopic (exact) mass is 399 g/mol. The third-order valence-electron chi connectivity index (χ3n) is 4.33. The van der Waals surface area contributed by atoms with Gasteiger partial charge in [-0.1, -0.05) is 26.0 Å². The standard InChI is InChI=1S/C22H29N3O4/c1-4-16(3)18-7-9-19(10-8-18)28-12-13-29-20-11-6-17(14-21(20)27-5-2)15-24-25-22(23)26/h6-11,14-16H,4-5,12-13H2,1-3H3,(H3,23,25,26). The summed E-state index contributed by atoms with van der Waals surface area (Å²) in [6.07, 6.45) is 2.59. The molecule has 7 heteroatoms. The Balaban J connectivity index is 1.88. The van der Waals surface area contributed by atoms with Gasteiger partial charge in [-0.3, -0.25) is 0 Å². The summed E-state index contributed by atoms with van der Waals surface area (Å²) in [6, 6.07) is 12.8. The highest BCUT2D eigenvalue weighted by atomic mass is 16.5. The lowest BCUT2D eigenvalue weighted by molar-refractivity contribution is 0.208. The minimum absolute atomic E-state index is 0.379. The molecule has 3 N–H and O–H groups in total. The molecule has 2 aromatic carbocycles. The van der Waals surface area contributed by atoms with Crippen molar-refractivity contribution in [2.75, 3.05) is 19.8 Å². The minimum atomic E-state index is -0.722. The van der Waals surface area contributed by atoms with E-state index in [1.807, 2.05) is 19.1 Å². The molecule has 1 atom stereocenters. The van der Waals surface area contributed by atoms with Crippen LogP contribution in [0.2, 0.25) is 0 Å². The molecule has 156 valence electrons. The number of hydrogen-bond donors (Lipinski definition) is 2. The molecule has 0 spiro atoms. The smallest absolute Gasteiger partial charge is 0.332 e. The van der Waals surface area contributed by atoms with Crippen LogP contribution in [0.5, 0.6) is 17.2 Å². The maximum Gasteiger partial charge on any atom is 0.332 e. The van der Waals surface area contributed by atoms with E-state index < -0.39 is 6.03 Å². The van der Waals surface area contributed by atoms with Crippen molar-refractivity contribution in [3.8, 4) is 17.2 Å². The van der Waals surface area contributed by atoms with Crippen LogP contribution in [0.3, 0.4) is 0 Å². The predicted octanol–water partition coefficient (Wildman–Crippen LogP) is 4.06. The number of hydrogen-bond acceptors (Lipinski definition) is 5. The van der Waals surface area contributed by atoms with E-state index in [1.165, 1.54) is 11.8 Å². The molecule has 0 fully saturated rings. The summed E-state index contributed by atoms with van der Waals surface area (Å²) in [6.45, 7) is 7.58. The normalized spacial score (nSPS) is 11.8. The Bertz CT molecular complexity index is 806. The second kappa shape index (κ2) is 11.6. The van der Waals surface area contributed by atoms with Gasteiger partial charge < -0.3 is 19.9 Å². The number of benzene rings is 2. The van der Waals surface area contributed by atoms with Crippen LogP contribution in [0.1, 0.15) is 44.2 Å². The number of ether oxygens (including phenoxy) is 3. The van der Waals surface area contributed by atoms with Gasteiger partial charge in [-0.05, 0) is 60.7 Å². The lowest BCUT2D eigenvalue weighted by Gasteiger charge is -2.14. The molecule has 0 aliphatic carbocycles. The van der Waals surface area contributed by atoms with Crippen molar-refractivity contribution in [1.82, 2.24) is 5.43 Å². The molecule has 0 saturated carbocycles. The van der Waals surface area contributed by atoms with Gasteiger partial charge in [0.2, 0.25) is 0 Å². The van der Waals surface area contributed by atoms with Gasteiger partial charge in [0.05, 0.1) is 12.8 Å². The summed E-state index contributed by atoms with van der Waals surface area (Å²) in [5.74, 6) is 2.57. The molecule has 1 unspecified atom stereocenters. The average Bonchev–Trinajstić information content (AvgIpc) is 2.72. The zero-order valence-electron chi connectivity index (χ0n) is 17.2. The summed E-state index contributed by atoms with van der Waals surface area (Å²) >= 11 is 0. The number of carbonyl (C=O) groups is 1. The van der Waals surface area contributed by atoms with E-state index in [9.17, 15) is 4.79 Å². The first-order chi connectivity index (χ1) is 14.0. The highest BCUT2D eigenvalue weighted by Gasteiger charge is 2.07. The van der Waals surface area contributed by atoms with Gasteiger partial charge in [0.15, 0.2) is 11.5 Å². The third-order valence-corrected chi connectivity index (χ3v) is 4.33. The van der Waals surface area contributed by atoms with Crippen molar-refractivity contribution in [2.45, 2.75) is 33.1 Å². The Morgan fingerprint density at radius 3 is 2.45 bits per heavy atom. The maximum atomic E-state index is 10.7. The number of hydrazone groups is 1. The summed E-state index contributed by atoms with van der Waals surface area (Å²) in [5, 5.41) is 3.74. The van der Waals surface area contributed by atoms with Crippen LogP contribution < -0.4 is 25.4 Å². The van der Waals surface area contributed by atoms with Crippen molar-refractivity contribution in [1.29, 1.82) is 0 Å². The van der Waals surface area contributed by atoms with E-state index in [4.69, 9.17) is 19.9 Å². The van der Waals surface area contributed by atoms with Gasteiger partial charge in [-0.25, -0.2) is 10.2 Å². The maximum absolute atomic E-state index is 10.7. The van der Waals surface area contributed by atoms with E-state index in [0.29, 0.717) is 37.2 Å². The zero-order valence-corrected chi connectivity index (χ0v) is 17.2. The lowest BCUT2D eigenvalue weighted by Crippen LogP contribution is -2.24. The van der Waals surface area contributed by atoms with Crippen molar-refractivity contribution in [3.05, 3.63) is 53.6 Å². The van der Waals surface area contributed by atoms with Crippen LogP contribution in [0.15, 0.2) is 47.6 Å². The van der Waals surface area contributed by atoms with Crippen molar-refractivity contribution < 1.29 is 19.0 Å². The minimum Gasteiger partial charge on any atom is -0.490 e. The van der Waals surface area contributed by atoms with Crippen LogP contribution in [0.4, 0.5) is 4.79 Å². The highest BCUT2D eigenvalue weighted by Crippen LogP contribution is 2.28. The molecule has 0 heterocycles. The first-order valence-electron chi connectivity index (χ1n) is 9.74. The largest absolute Gasteiger partial charge is 0.490 e. The zero-order chi connectivity index (χ0) is 21.1. The number of nitrogens with one attached hydrogen (secondary N) is 1. The van der Waals surface area contributed by atoms with Gasteiger partial charge in [0.25, 0.3) is 0 Å². The average molecular weight is 399 g/mol. The molecular formula is C22H29N3O4. The molecule has 0 saturated heterocycles. The number of urea groups is 1. The third kappa shape index (κ3) is 7.37. The van der Waals surface area contributed by atoms with Crippen molar-refractivity contribution >= 4 is 12.2 Å². The highest BCUT2D eigenvalue weighted by molar-refractivity contribution is 5.82. The van der Waals surface area contributed by atoms with E-state index >= 15 is 0 Å². The molecule has 29 heavy (non-hydrogen) atoms. The summed E-state index contributed by atoms with van der Waals surface area (Å²) < 4.78 is 17.2. The molecule has 0 radical (unpaired) electrons. The van der Waals surface area contributed by atoms with E-state index in [0.717, 1.165) is 17.7 Å². The molecular weight excluding hydrogens is 370 g/mol. The van der Waals surface area contributed by atoms with Gasteiger partial charge in [0.1, 0.15) is 19.0 Å². The second-order valence-corrected chi connectivity index (χ2v) is 6.45. The van der Waals surface area contributed by atoms with Gasteiger partial charge >= 0.3 is 6.03 Å². The lowest BCUT2D eigenvalue weighted by atomic mass is 9.99. The van der Waals surface area contributed by atoms with Crippen LogP contribution in [0.25, 0.3) is 0 Å². The molecule has 0 aliphatic heterocycles. The molecule has 2 rings (SSSR count). The molecule has 0 aliphatic rings. The molecule has 2 aromatic rings. The Morgan fingerprint density at radius 2 is 1.79 bits per heavy atom. The first-order valence-corrected chi connectivity index (χ1v) is 9.74. The van der Waals surface area contributed by atoms with E-state index in [2.05, 4.69) is 36.5 Å². The number of nitrogens with zero attached hydrogens (tertiary/aromatic N) is 1. The topological polar surface area (TPSA) is 95.2 Å². The Kier molecular flexibility index (Phi) is 8.82. The number of amides is 2. The summed E-state index contributed by atoms with van der Waals surface area (Å²) in [5.41, 5.74) is 9.18. The molecule has 0 aromatic heterocycles. The fourth-order valence-electron chi connectivity index (χ4n) is 2.60. The number of carbonyl (C=O) groups excluding carboxylic acids is 1. The van der Waals surface area contributed by atoms with Crippen LogP contribution >= 0.6 is 0 Å². The molecule has 0 bridgehead atoms. The quantitative estimate of drug-likeness (QED) is 0.338. The Morgan fingerprint density at radius 1 is 1.07 bits per heavy atom. The van der Waals surface area contributed by atoms with Crippen molar-refractivity contribution in [2.24, 2.45) is 10.8 Å². The SMILES string of the molecule is CCOc1cc(C=NNC(N)=O)ccc1OCCOc1ccc(C(C)CC)cc1. The first kappa shape index (κ1) is 22.1. The fourth-order valence-corrected chi connectivity index (χ4v) is 2.60. The molecule has 7 nitrogen and oxygen atoms in total. The fraction of sp³-hybridized carbons (Fsp3) is 0.364. The summed E-state index contributed by atoms with van der Waals surface area (Å²) in [7, 11) is 0. The summed E-state index contributed by atoms with van der Waals surface area (Å²) in [4.78, 5) is 10.7. The number of primary amides is 1. The van der Waals surface area contributed by atoms with Crippen LogP contribution in [0, 0.1) is 0 Å². The Hall–Kier alpha value is -3.22. The number of nitrogens with two attached hydrogens (primary N) is 1. The van der Waals surface area contributed by atoms with E-state index in [1.54, 1.807) is 18.2 Å². The molecule has 2 amide bonds. The predicted molar refractivity (Wildman–Crippen MR) is 114 cm³/mol. The number of rotatable bonds is 11. The van der Waals surface area contributed by atoms with Gasteiger partial charge in [0, 0.05) is 0 Å². The second-order valence-electron chi connectivity index (χ2n) is 6.45. The van der Waals surface area contributed by atoms with Gasteiger partial charge in [-0.15, -0.1) is 0 Å². The van der Waals surface area contributed by atoms with E-state index in [-0.39, 0.29) is 0 Å².